The van der Waals surface area contributed by atoms with E-state index in [0.29, 0.717) is 0 Å². The van der Waals surface area contributed by atoms with Gasteiger partial charge in [0.1, 0.15) is 5.82 Å². The van der Waals surface area contributed by atoms with Gasteiger partial charge < -0.3 is 10.4 Å². The minimum Gasteiger partial charge on any atom is -0.393 e. The number of piperidine rings is 1. The first-order chi connectivity index (χ1) is 9.63. The molecule has 2 atom stereocenters. The number of aliphatic hydroxyl groups is 1. The number of anilines is 1. The summed E-state index contributed by atoms with van der Waals surface area (Å²) in [6, 6.07) is 6.75. The van der Waals surface area contributed by atoms with E-state index >= 15 is 0 Å². The molecule has 1 amide bonds. The highest BCUT2D eigenvalue weighted by atomic mass is 19.1. The summed E-state index contributed by atoms with van der Waals surface area (Å²) in [7, 11) is 0. The summed E-state index contributed by atoms with van der Waals surface area (Å²) < 4.78 is 13.5. The second-order valence-corrected chi connectivity index (χ2v) is 5.71. The number of hydrogen-bond donors (Lipinski definition) is 2. The fraction of sp³-hybridized carbons (Fsp3) is 0.533. The molecule has 108 valence electrons. The molecule has 2 unspecified atom stereocenters. The van der Waals surface area contributed by atoms with Crippen LogP contribution in [0.2, 0.25) is 0 Å². The van der Waals surface area contributed by atoms with Crippen molar-refractivity contribution in [3.63, 3.8) is 0 Å². The van der Waals surface area contributed by atoms with Crippen LogP contribution in [0, 0.1) is 5.82 Å². The van der Waals surface area contributed by atoms with E-state index < -0.39 is 5.82 Å². The van der Waals surface area contributed by atoms with E-state index in [2.05, 4.69) is 10.2 Å². The Balaban J connectivity index is 1.61. The van der Waals surface area contributed by atoms with Crippen molar-refractivity contribution in [2.45, 2.75) is 43.9 Å². The molecule has 3 rings (SSSR count). The van der Waals surface area contributed by atoms with Crippen LogP contribution in [0.5, 0.6) is 0 Å². The molecule has 0 radical (unpaired) electrons. The van der Waals surface area contributed by atoms with Crippen molar-refractivity contribution in [2.24, 2.45) is 0 Å². The van der Waals surface area contributed by atoms with E-state index in [1.54, 1.807) is 18.2 Å². The summed E-state index contributed by atoms with van der Waals surface area (Å²) in [5, 5.41) is 12.4. The molecular formula is C15H19FN2O2. The Morgan fingerprint density at radius 3 is 2.60 bits per heavy atom. The summed E-state index contributed by atoms with van der Waals surface area (Å²) in [5.41, 5.74) is 0.224. The topological polar surface area (TPSA) is 52.6 Å². The van der Waals surface area contributed by atoms with Gasteiger partial charge in [0, 0.05) is 12.1 Å². The fourth-order valence-corrected chi connectivity index (χ4v) is 3.42. The molecule has 2 fully saturated rings. The number of carbonyl (C=O) groups is 1. The molecule has 0 aliphatic carbocycles. The number of carbonyl (C=O) groups excluding carboxylic acids is 1. The van der Waals surface area contributed by atoms with Gasteiger partial charge in [0.2, 0.25) is 5.91 Å². The average molecular weight is 278 g/mol. The zero-order valence-corrected chi connectivity index (χ0v) is 11.3. The third-order valence-corrected chi connectivity index (χ3v) is 4.33. The van der Waals surface area contributed by atoms with Crippen LogP contribution >= 0.6 is 0 Å². The maximum Gasteiger partial charge on any atom is 0.238 e. The molecule has 2 heterocycles. The molecular weight excluding hydrogens is 259 g/mol. The van der Waals surface area contributed by atoms with Crippen molar-refractivity contribution in [1.82, 2.24) is 4.90 Å². The summed E-state index contributed by atoms with van der Waals surface area (Å²) in [5.74, 6) is -0.610. The quantitative estimate of drug-likeness (QED) is 0.885. The molecule has 0 spiro atoms. The molecule has 1 aromatic carbocycles. The molecule has 2 aliphatic heterocycles. The molecule has 2 N–H and O–H groups in total. The second-order valence-electron chi connectivity index (χ2n) is 5.71. The van der Waals surface area contributed by atoms with Gasteiger partial charge in [-0.05, 0) is 37.8 Å². The van der Waals surface area contributed by atoms with E-state index in [-0.39, 0.29) is 36.3 Å². The molecule has 1 aromatic rings. The van der Waals surface area contributed by atoms with Crippen molar-refractivity contribution in [3.05, 3.63) is 30.1 Å². The van der Waals surface area contributed by atoms with Gasteiger partial charge in [0.15, 0.2) is 0 Å². The van der Waals surface area contributed by atoms with Crippen LogP contribution in [0.1, 0.15) is 25.7 Å². The van der Waals surface area contributed by atoms with Crippen LogP contribution in [0.4, 0.5) is 10.1 Å². The zero-order chi connectivity index (χ0) is 14.1. The Morgan fingerprint density at radius 2 is 1.95 bits per heavy atom. The first-order valence-corrected chi connectivity index (χ1v) is 7.11. The molecule has 0 aromatic heterocycles. The number of para-hydroxylation sites is 1. The highest BCUT2D eigenvalue weighted by molar-refractivity contribution is 5.92. The third kappa shape index (κ3) is 2.69. The Bertz CT molecular complexity index is 494. The van der Waals surface area contributed by atoms with Crippen LogP contribution in [0.25, 0.3) is 0 Å². The lowest BCUT2D eigenvalue weighted by atomic mass is 10.00. The Hall–Kier alpha value is -1.46. The number of nitrogens with one attached hydrogen (secondary N) is 1. The molecule has 20 heavy (non-hydrogen) atoms. The molecule has 2 saturated heterocycles. The lowest BCUT2D eigenvalue weighted by Crippen LogP contribution is -2.47. The number of hydrogen-bond acceptors (Lipinski definition) is 3. The highest BCUT2D eigenvalue weighted by Gasteiger charge is 2.40. The number of benzene rings is 1. The van der Waals surface area contributed by atoms with E-state index in [4.69, 9.17) is 0 Å². The maximum absolute atomic E-state index is 13.5. The van der Waals surface area contributed by atoms with Crippen molar-refractivity contribution in [2.75, 3.05) is 11.9 Å². The smallest absolute Gasteiger partial charge is 0.238 e. The molecule has 5 heteroatoms. The van der Waals surface area contributed by atoms with Crippen LogP contribution in [0.3, 0.4) is 0 Å². The van der Waals surface area contributed by atoms with Crippen LogP contribution in [-0.2, 0) is 4.79 Å². The Morgan fingerprint density at radius 1 is 1.30 bits per heavy atom. The fourth-order valence-electron chi connectivity index (χ4n) is 3.42. The van der Waals surface area contributed by atoms with Gasteiger partial charge in [-0.1, -0.05) is 12.1 Å². The lowest BCUT2D eigenvalue weighted by Gasteiger charge is -2.36. The number of amides is 1. The first kappa shape index (κ1) is 13.5. The number of fused-ring (bicyclic) bond motifs is 2. The maximum atomic E-state index is 13.5. The van der Waals surface area contributed by atoms with E-state index in [1.807, 2.05) is 0 Å². The molecule has 2 aliphatic rings. The largest absolute Gasteiger partial charge is 0.393 e. The average Bonchev–Trinajstić information content (AvgIpc) is 2.65. The van der Waals surface area contributed by atoms with Gasteiger partial charge in [0.25, 0.3) is 0 Å². The Kier molecular flexibility index (Phi) is 3.72. The van der Waals surface area contributed by atoms with Crippen molar-refractivity contribution >= 4 is 11.6 Å². The van der Waals surface area contributed by atoms with Gasteiger partial charge in [-0.15, -0.1) is 0 Å². The molecule has 2 bridgehead atoms. The summed E-state index contributed by atoms with van der Waals surface area (Å²) in [6.45, 7) is 0.274. The van der Waals surface area contributed by atoms with Crippen LogP contribution in [-0.4, -0.2) is 40.6 Å². The van der Waals surface area contributed by atoms with Crippen LogP contribution < -0.4 is 5.32 Å². The van der Waals surface area contributed by atoms with Crippen molar-refractivity contribution < 1.29 is 14.3 Å². The second kappa shape index (κ2) is 5.50. The van der Waals surface area contributed by atoms with Crippen molar-refractivity contribution in [3.8, 4) is 0 Å². The number of halogens is 1. The van der Waals surface area contributed by atoms with Crippen molar-refractivity contribution in [1.29, 1.82) is 0 Å². The van der Waals surface area contributed by atoms with E-state index in [9.17, 15) is 14.3 Å². The first-order valence-electron chi connectivity index (χ1n) is 7.11. The van der Waals surface area contributed by atoms with Gasteiger partial charge in [-0.2, -0.15) is 0 Å². The van der Waals surface area contributed by atoms with E-state index in [1.165, 1.54) is 6.07 Å². The summed E-state index contributed by atoms with van der Waals surface area (Å²) >= 11 is 0. The standard InChI is InChI=1S/C15H19FN2O2/c16-13-3-1-2-4-14(13)17-15(20)9-18-10-5-6-11(18)8-12(19)7-10/h1-4,10-12,19H,5-9H2,(H,17,20). The lowest BCUT2D eigenvalue weighted by molar-refractivity contribution is -0.119. The highest BCUT2D eigenvalue weighted by Crippen LogP contribution is 2.35. The van der Waals surface area contributed by atoms with Gasteiger partial charge in [-0.3, -0.25) is 9.69 Å². The van der Waals surface area contributed by atoms with Crippen LogP contribution in [0.15, 0.2) is 24.3 Å². The normalized spacial score (nSPS) is 29.4. The Labute approximate surface area is 117 Å². The summed E-state index contributed by atoms with van der Waals surface area (Å²) in [4.78, 5) is 14.2. The van der Waals surface area contributed by atoms with E-state index in [0.717, 1.165) is 25.7 Å². The number of aliphatic hydroxyl groups excluding tert-OH is 1. The predicted molar refractivity (Wildman–Crippen MR) is 73.8 cm³/mol. The third-order valence-electron chi connectivity index (χ3n) is 4.33. The minimum atomic E-state index is -0.419. The van der Waals surface area contributed by atoms with Gasteiger partial charge in [-0.25, -0.2) is 4.39 Å². The van der Waals surface area contributed by atoms with Gasteiger partial charge in [0.05, 0.1) is 18.3 Å². The summed E-state index contributed by atoms with van der Waals surface area (Å²) in [6.07, 6.45) is 3.31. The zero-order valence-electron chi connectivity index (χ0n) is 11.3. The molecule has 0 saturated carbocycles. The van der Waals surface area contributed by atoms with Gasteiger partial charge >= 0.3 is 0 Å². The SMILES string of the molecule is O=C(CN1C2CCC1CC(O)C2)Nc1ccccc1F. The molecule has 4 nitrogen and oxygen atoms in total. The minimum absolute atomic E-state index is 0.191. The monoisotopic (exact) mass is 278 g/mol. The number of nitrogens with zero attached hydrogens (tertiary/aromatic N) is 1. The number of rotatable bonds is 3. The predicted octanol–water partition coefficient (Wildman–Crippen LogP) is 1.75.